The first-order valence-corrected chi connectivity index (χ1v) is 8.13. The topological polar surface area (TPSA) is 45.3 Å². The van der Waals surface area contributed by atoms with Gasteiger partial charge in [0, 0.05) is 43.4 Å². The highest BCUT2D eigenvalue weighted by molar-refractivity contribution is 5.89. The van der Waals surface area contributed by atoms with Crippen molar-refractivity contribution in [1.29, 1.82) is 0 Å². The Labute approximate surface area is 131 Å². The average Bonchev–Trinajstić information content (AvgIpc) is 2.96. The van der Waals surface area contributed by atoms with E-state index in [1.54, 1.807) is 7.11 Å². The Morgan fingerprint density at radius 3 is 3.09 bits per heavy atom. The van der Waals surface area contributed by atoms with E-state index in [-0.39, 0.29) is 5.91 Å². The van der Waals surface area contributed by atoms with Crippen molar-refractivity contribution in [2.45, 2.75) is 38.1 Å². The fraction of sp³-hybridized carbons (Fsp3) is 0.500. The second kappa shape index (κ2) is 6.97. The molecule has 0 aliphatic carbocycles. The molecule has 0 saturated carbocycles. The summed E-state index contributed by atoms with van der Waals surface area (Å²) in [4.78, 5) is 18.1. The number of para-hydroxylation sites is 1. The van der Waals surface area contributed by atoms with E-state index in [0.717, 1.165) is 48.9 Å². The van der Waals surface area contributed by atoms with Crippen LogP contribution in [0.4, 0.5) is 0 Å². The Kier molecular flexibility index (Phi) is 4.78. The van der Waals surface area contributed by atoms with Gasteiger partial charge in [-0.2, -0.15) is 0 Å². The largest absolute Gasteiger partial charge is 0.385 e. The molecule has 1 aliphatic rings. The van der Waals surface area contributed by atoms with E-state index >= 15 is 0 Å². The molecule has 2 aromatic rings. The number of carbonyl (C=O) groups excluding carboxylic acids is 1. The molecule has 1 fully saturated rings. The van der Waals surface area contributed by atoms with Crippen LogP contribution in [0.5, 0.6) is 0 Å². The molecule has 1 aliphatic heterocycles. The zero-order chi connectivity index (χ0) is 15.4. The highest BCUT2D eigenvalue weighted by Gasteiger charge is 2.26. The minimum atomic E-state index is 0.241. The van der Waals surface area contributed by atoms with Gasteiger partial charge in [-0.3, -0.25) is 4.79 Å². The van der Waals surface area contributed by atoms with Crippen molar-refractivity contribution in [2.75, 3.05) is 20.3 Å². The number of aromatic nitrogens is 1. The summed E-state index contributed by atoms with van der Waals surface area (Å²) in [5.74, 6) is 0.241. The van der Waals surface area contributed by atoms with E-state index in [1.165, 1.54) is 6.42 Å². The lowest BCUT2D eigenvalue weighted by Gasteiger charge is -2.36. The first kappa shape index (κ1) is 15.1. The van der Waals surface area contributed by atoms with E-state index in [1.807, 2.05) is 24.4 Å². The molecule has 4 nitrogen and oxygen atoms in total. The Bertz CT molecular complexity index is 635. The van der Waals surface area contributed by atoms with E-state index in [0.29, 0.717) is 12.5 Å². The molecule has 0 bridgehead atoms. The highest BCUT2D eigenvalue weighted by Crippen LogP contribution is 2.23. The predicted octanol–water partition coefficient (Wildman–Crippen LogP) is 3.13. The van der Waals surface area contributed by atoms with Gasteiger partial charge in [0.1, 0.15) is 0 Å². The lowest BCUT2D eigenvalue weighted by Crippen LogP contribution is -2.44. The third-order valence-corrected chi connectivity index (χ3v) is 4.62. The first-order valence-electron chi connectivity index (χ1n) is 8.13. The zero-order valence-corrected chi connectivity index (χ0v) is 13.2. The van der Waals surface area contributed by atoms with Crippen molar-refractivity contribution < 1.29 is 9.53 Å². The van der Waals surface area contributed by atoms with Crippen LogP contribution in [-0.2, 0) is 16.0 Å². The summed E-state index contributed by atoms with van der Waals surface area (Å²) in [5.41, 5.74) is 2.19. The van der Waals surface area contributed by atoms with Crippen LogP contribution >= 0.6 is 0 Å². The number of carbonyl (C=O) groups is 1. The molecule has 1 atom stereocenters. The van der Waals surface area contributed by atoms with Crippen LogP contribution in [0, 0.1) is 0 Å². The molecule has 0 spiro atoms. The summed E-state index contributed by atoms with van der Waals surface area (Å²) in [6, 6.07) is 8.49. The Morgan fingerprint density at radius 2 is 2.23 bits per heavy atom. The van der Waals surface area contributed by atoms with Crippen molar-refractivity contribution in [3.8, 4) is 0 Å². The van der Waals surface area contributed by atoms with Gasteiger partial charge < -0.3 is 14.6 Å². The first-order chi connectivity index (χ1) is 10.8. The summed E-state index contributed by atoms with van der Waals surface area (Å²) in [7, 11) is 1.72. The van der Waals surface area contributed by atoms with Crippen molar-refractivity contribution in [3.05, 3.63) is 36.0 Å². The Morgan fingerprint density at radius 1 is 1.36 bits per heavy atom. The van der Waals surface area contributed by atoms with Gasteiger partial charge in [0.2, 0.25) is 5.91 Å². The number of rotatable bonds is 5. The number of amides is 1. The number of hydrogen-bond acceptors (Lipinski definition) is 2. The van der Waals surface area contributed by atoms with Gasteiger partial charge in [0.25, 0.3) is 0 Å². The number of H-pyrrole nitrogens is 1. The van der Waals surface area contributed by atoms with Crippen molar-refractivity contribution in [2.24, 2.45) is 0 Å². The summed E-state index contributed by atoms with van der Waals surface area (Å²) in [6.45, 7) is 1.61. The number of methoxy groups -OCH3 is 1. The monoisotopic (exact) mass is 300 g/mol. The van der Waals surface area contributed by atoms with Gasteiger partial charge in [-0.05, 0) is 37.3 Å². The maximum atomic E-state index is 12.8. The number of nitrogens with one attached hydrogen (secondary N) is 1. The Hall–Kier alpha value is -1.81. The van der Waals surface area contributed by atoms with Crippen LogP contribution in [0.1, 0.15) is 31.2 Å². The van der Waals surface area contributed by atoms with E-state index in [9.17, 15) is 4.79 Å². The summed E-state index contributed by atoms with van der Waals surface area (Å²) >= 11 is 0. The smallest absolute Gasteiger partial charge is 0.227 e. The van der Waals surface area contributed by atoms with Gasteiger partial charge in [-0.25, -0.2) is 0 Å². The minimum absolute atomic E-state index is 0.241. The van der Waals surface area contributed by atoms with Crippen LogP contribution in [0.25, 0.3) is 10.9 Å². The second-order valence-corrected chi connectivity index (χ2v) is 6.05. The van der Waals surface area contributed by atoms with Gasteiger partial charge >= 0.3 is 0 Å². The molecule has 3 rings (SSSR count). The number of piperidine rings is 1. The van der Waals surface area contributed by atoms with Crippen LogP contribution < -0.4 is 0 Å². The maximum Gasteiger partial charge on any atom is 0.227 e. The molecule has 1 N–H and O–H groups in total. The number of fused-ring (bicyclic) bond motifs is 1. The molecule has 118 valence electrons. The van der Waals surface area contributed by atoms with E-state index in [2.05, 4.69) is 16.0 Å². The van der Waals surface area contributed by atoms with Gasteiger partial charge in [0.15, 0.2) is 0 Å². The second-order valence-electron chi connectivity index (χ2n) is 6.05. The lowest BCUT2D eigenvalue weighted by molar-refractivity contribution is -0.134. The SMILES string of the molecule is COCC[C@H]1CCCCN1C(=O)Cc1c[nH]c2ccccc12. The molecule has 1 aromatic carbocycles. The number of ether oxygens (including phenoxy) is 1. The van der Waals surface area contributed by atoms with Gasteiger partial charge in [-0.1, -0.05) is 18.2 Å². The molecule has 1 amide bonds. The van der Waals surface area contributed by atoms with Gasteiger partial charge in [0.05, 0.1) is 6.42 Å². The van der Waals surface area contributed by atoms with Crippen LogP contribution in [-0.4, -0.2) is 42.1 Å². The average molecular weight is 300 g/mol. The summed E-state index contributed by atoms with van der Waals surface area (Å²) in [6.07, 6.45) is 6.82. The molecule has 22 heavy (non-hydrogen) atoms. The zero-order valence-electron chi connectivity index (χ0n) is 13.2. The van der Waals surface area contributed by atoms with E-state index < -0.39 is 0 Å². The third kappa shape index (κ3) is 3.17. The van der Waals surface area contributed by atoms with Crippen LogP contribution in [0.2, 0.25) is 0 Å². The molecule has 1 aromatic heterocycles. The van der Waals surface area contributed by atoms with Crippen molar-refractivity contribution >= 4 is 16.8 Å². The number of likely N-dealkylation sites (tertiary alicyclic amines) is 1. The molecule has 4 heteroatoms. The standard InChI is InChI=1S/C18H24N2O2/c1-22-11-9-15-6-4-5-10-20(15)18(21)12-14-13-19-17-8-3-2-7-16(14)17/h2-3,7-8,13,15,19H,4-6,9-12H2,1H3/t15-/m1/s1. The number of benzene rings is 1. The molecule has 0 radical (unpaired) electrons. The number of hydrogen-bond donors (Lipinski definition) is 1. The van der Waals surface area contributed by atoms with Crippen LogP contribution in [0.15, 0.2) is 30.5 Å². The molecule has 1 saturated heterocycles. The molecular weight excluding hydrogens is 276 g/mol. The third-order valence-electron chi connectivity index (χ3n) is 4.62. The summed E-state index contributed by atoms with van der Waals surface area (Å²) in [5, 5.41) is 1.15. The fourth-order valence-corrected chi connectivity index (χ4v) is 3.43. The summed E-state index contributed by atoms with van der Waals surface area (Å²) < 4.78 is 5.19. The molecule has 0 unspecified atom stereocenters. The van der Waals surface area contributed by atoms with E-state index in [4.69, 9.17) is 4.74 Å². The fourth-order valence-electron chi connectivity index (χ4n) is 3.43. The minimum Gasteiger partial charge on any atom is -0.385 e. The lowest BCUT2D eigenvalue weighted by atomic mass is 9.98. The van der Waals surface area contributed by atoms with Crippen molar-refractivity contribution in [3.63, 3.8) is 0 Å². The number of aromatic amines is 1. The van der Waals surface area contributed by atoms with Crippen molar-refractivity contribution in [1.82, 2.24) is 9.88 Å². The van der Waals surface area contributed by atoms with Gasteiger partial charge in [-0.15, -0.1) is 0 Å². The number of nitrogens with zero attached hydrogens (tertiary/aromatic N) is 1. The Balaban J connectivity index is 1.72. The molecule has 2 heterocycles. The predicted molar refractivity (Wildman–Crippen MR) is 87.8 cm³/mol. The highest BCUT2D eigenvalue weighted by atomic mass is 16.5. The van der Waals surface area contributed by atoms with Crippen LogP contribution in [0.3, 0.4) is 0 Å². The maximum absolute atomic E-state index is 12.8. The quantitative estimate of drug-likeness (QED) is 0.922. The molecular formula is C18H24N2O2. The normalized spacial score (nSPS) is 18.8.